The molecule has 2 aliphatic rings. The molecule has 2 heterocycles. The average molecular weight is 226 g/mol. The predicted octanol–water partition coefficient (Wildman–Crippen LogP) is 1.88. The first-order valence-corrected chi connectivity index (χ1v) is 6.10. The first-order chi connectivity index (χ1) is 7.38. The van der Waals surface area contributed by atoms with Crippen LogP contribution in [0, 0.1) is 0 Å². The number of ether oxygens (including phenoxy) is 1. The van der Waals surface area contributed by atoms with E-state index in [1.165, 1.54) is 0 Å². The highest BCUT2D eigenvalue weighted by Gasteiger charge is 2.54. The molecular formula is C12H22N2O2. The van der Waals surface area contributed by atoms with E-state index in [0.29, 0.717) is 12.6 Å². The fraction of sp³-hybridized carbons (Fsp3) is 0.917. The number of rotatable bonds is 1. The van der Waals surface area contributed by atoms with Crippen molar-refractivity contribution in [2.75, 3.05) is 6.54 Å². The molecule has 0 aromatic carbocycles. The standard InChI is InChI=1S/C12H22N2O2/c1-11(2,3)16-10(15)14-9-4-6-12(14,8-13)7-5-9/h9H,4-8,13H2,1-3H3. The van der Waals surface area contributed by atoms with Gasteiger partial charge in [0.2, 0.25) is 0 Å². The Hall–Kier alpha value is -0.770. The minimum absolute atomic E-state index is 0.104. The molecule has 0 unspecified atom stereocenters. The molecule has 16 heavy (non-hydrogen) atoms. The first kappa shape index (κ1) is 11.7. The van der Waals surface area contributed by atoms with Crippen LogP contribution in [0.3, 0.4) is 0 Å². The Balaban J connectivity index is 2.12. The second-order valence-electron chi connectivity index (χ2n) is 6.01. The Morgan fingerprint density at radius 3 is 2.44 bits per heavy atom. The molecule has 4 heteroatoms. The Morgan fingerprint density at radius 2 is 2.00 bits per heavy atom. The normalized spacial score (nSPS) is 33.2. The van der Waals surface area contributed by atoms with E-state index in [-0.39, 0.29) is 11.6 Å². The number of carbonyl (C=O) groups excluding carboxylic acids is 1. The fourth-order valence-electron chi connectivity index (χ4n) is 2.98. The van der Waals surface area contributed by atoms with Gasteiger partial charge in [-0.2, -0.15) is 0 Å². The van der Waals surface area contributed by atoms with Gasteiger partial charge < -0.3 is 10.5 Å². The zero-order valence-corrected chi connectivity index (χ0v) is 10.5. The second-order valence-corrected chi connectivity index (χ2v) is 6.01. The first-order valence-electron chi connectivity index (χ1n) is 6.10. The topological polar surface area (TPSA) is 55.6 Å². The van der Waals surface area contributed by atoms with Crippen LogP contribution in [0.5, 0.6) is 0 Å². The molecule has 2 fully saturated rings. The molecule has 2 N–H and O–H groups in total. The van der Waals surface area contributed by atoms with E-state index in [9.17, 15) is 4.79 Å². The van der Waals surface area contributed by atoms with Gasteiger partial charge in [0.1, 0.15) is 5.60 Å². The Kier molecular flexibility index (Phi) is 2.65. The van der Waals surface area contributed by atoms with Gasteiger partial charge in [-0.3, -0.25) is 4.90 Å². The van der Waals surface area contributed by atoms with Gasteiger partial charge in [0, 0.05) is 12.6 Å². The van der Waals surface area contributed by atoms with E-state index in [4.69, 9.17) is 10.5 Å². The fourth-order valence-corrected chi connectivity index (χ4v) is 2.98. The van der Waals surface area contributed by atoms with Gasteiger partial charge in [0.15, 0.2) is 0 Å². The van der Waals surface area contributed by atoms with Crippen LogP contribution < -0.4 is 5.73 Å². The maximum atomic E-state index is 12.1. The summed E-state index contributed by atoms with van der Waals surface area (Å²) in [6.45, 7) is 6.26. The van der Waals surface area contributed by atoms with E-state index < -0.39 is 5.60 Å². The lowest BCUT2D eigenvalue weighted by atomic mass is 9.88. The number of amides is 1. The van der Waals surface area contributed by atoms with E-state index in [1.54, 1.807) is 0 Å². The highest BCUT2D eigenvalue weighted by molar-refractivity contribution is 5.71. The van der Waals surface area contributed by atoms with Crippen molar-refractivity contribution in [2.24, 2.45) is 5.73 Å². The minimum Gasteiger partial charge on any atom is -0.444 e. The summed E-state index contributed by atoms with van der Waals surface area (Å²) < 4.78 is 5.46. The number of carbonyl (C=O) groups is 1. The average Bonchev–Trinajstić information content (AvgIpc) is 2.70. The molecule has 2 bridgehead atoms. The number of nitrogens with two attached hydrogens (primary N) is 1. The van der Waals surface area contributed by atoms with Gasteiger partial charge in [-0.25, -0.2) is 4.79 Å². The lowest BCUT2D eigenvalue weighted by molar-refractivity contribution is 0.0106. The van der Waals surface area contributed by atoms with Gasteiger partial charge in [-0.1, -0.05) is 0 Å². The molecule has 92 valence electrons. The van der Waals surface area contributed by atoms with E-state index in [0.717, 1.165) is 25.7 Å². The molecule has 0 aromatic rings. The van der Waals surface area contributed by atoms with Crippen molar-refractivity contribution in [3.63, 3.8) is 0 Å². The highest BCUT2D eigenvalue weighted by atomic mass is 16.6. The van der Waals surface area contributed by atoms with Gasteiger partial charge >= 0.3 is 6.09 Å². The molecule has 0 spiro atoms. The van der Waals surface area contributed by atoms with E-state index in [1.807, 2.05) is 25.7 Å². The van der Waals surface area contributed by atoms with Crippen molar-refractivity contribution in [1.82, 2.24) is 4.90 Å². The summed E-state index contributed by atoms with van der Waals surface area (Å²) >= 11 is 0. The maximum absolute atomic E-state index is 12.1. The van der Waals surface area contributed by atoms with Crippen molar-refractivity contribution < 1.29 is 9.53 Å². The molecular weight excluding hydrogens is 204 g/mol. The molecule has 0 radical (unpaired) electrons. The molecule has 2 aliphatic heterocycles. The Bertz CT molecular complexity index is 288. The second kappa shape index (κ2) is 3.62. The van der Waals surface area contributed by atoms with Crippen LogP contribution in [0.1, 0.15) is 46.5 Å². The summed E-state index contributed by atoms with van der Waals surface area (Å²) in [5.41, 5.74) is 5.32. The molecule has 0 saturated carbocycles. The zero-order valence-electron chi connectivity index (χ0n) is 10.5. The van der Waals surface area contributed by atoms with Gasteiger partial charge in [-0.15, -0.1) is 0 Å². The van der Waals surface area contributed by atoms with E-state index in [2.05, 4.69) is 0 Å². The molecule has 1 amide bonds. The summed E-state index contributed by atoms with van der Waals surface area (Å²) in [6.07, 6.45) is 4.05. The summed E-state index contributed by atoms with van der Waals surface area (Å²) in [4.78, 5) is 14.0. The minimum atomic E-state index is -0.422. The molecule has 2 rings (SSSR count). The van der Waals surface area contributed by atoms with Crippen molar-refractivity contribution in [3.05, 3.63) is 0 Å². The smallest absolute Gasteiger partial charge is 0.411 e. The third kappa shape index (κ3) is 1.79. The maximum Gasteiger partial charge on any atom is 0.411 e. The van der Waals surface area contributed by atoms with Gasteiger partial charge in [0.25, 0.3) is 0 Å². The summed E-state index contributed by atoms with van der Waals surface area (Å²) in [5.74, 6) is 0. The quantitative estimate of drug-likeness (QED) is 0.742. The predicted molar refractivity (Wildman–Crippen MR) is 62.1 cm³/mol. The molecule has 0 atom stereocenters. The third-order valence-corrected chi connectivity index (χ3v) is 3.73. The van der Waals surface area contributed by atoms with Gasteiger partial charge in [-0.05, 0) is 46.5 Å². The molecule has 0 aromatic heterocycles. The summed E-state index contributed by atoms with van der Waals surface area (Å²) in [5, 5.41) is 0. The number of hydrogen-bond donors (Lipinski definition) is 1. The Morgan fingerprint density at radius 1 is 1.44 bits per heavy atom. The third-order valence-electron chi connectivity index (χ3n) is 3.73. The van der Waals surface area contributed by atoms with Crippen molar-refractivity contribution >= 4 is 6.09 Å². The molecule has 0 aliphatic carbocycles. The van der Waals surface area contributed by atoms with Crippen LogP contribution in [0.2, 0.25) is 0 Å². The highest BCUT2D eigenvalue weighted by Crippen LogP contribution is 2.46. The summed E-state index contributed by atoms with van der Waals surface area (Å²) in [7, 11) is 0. The monoisotopic (exact) mass is 226 g/mol. The van der Waals surface area contributed by atoms with Crippen LogP contribution in [0.4, 0.5) is 4.79 Å². The number of hydrogen-bond acceptors (Lipinski definition) is 3. The van der Waals surface area contributed by atoms with Crippen molar-refractivity contribution in [3.8, 4) is 0 Å². The van der Waals surface area contributed by atoms with Crippen LogP contribution in [0.15, 0.2) is 0 Å². The van der Waals surface area contributed by atoms with Crippen LogP contribution in [-0.2, 0) is 4.74 Å². The van der Waals surface area contributed by atoms with Crippen LogP contribution in [-0.4, -0.2) is 34.7 Å². The Labute approximate surface area is 97.1 Å². The largest absolute Gasteiger partial charge is 0.444 e. The van der Waals surface area contributed by atoms with Crippen molar-refractivity contribution in [2.45, 2.75) is 63.6 Å². The zero-order chi connectivity index (χ0) is 12.0. The molecule has 2 saturated heterocycles. The van der Waals surface area contributed by atoms with E-state index >= 15 is 0 Å². The molecule has 4 nitrogen and oxygen atoms in total. The lowest BCUT2D eigenvalue weighted by Gasteiger charge is -2.35. The van der Waals surface area contributed by atoms with Crippen molar-refractivity contribution in [1.29, 1.82) is 0 Å². The SMILES string of the molecule is CC(C)(C)OC(=O)N1C2CCC1(CN)CC2. The lowest BCUT2D eigenvalue weighted by Crippen LogP contribution is -2.51. The van der Waals surface area contributed by atoms with Crippen LogP contribution in [0.25, 0.3) is 0 Å². The summed E-state index contributed by atoms with van der Waals surface area (Å²) in [6, 6.07) is 0.360. The number of fused-ring (bicyclic) bond motifs is 2. The number of nitrogens with zero attached hydrogens (tertiary/aromatic N) is 1. The van der Waals surface area contributed by atoms with Gasteiger partial charge in [0.05, 0.1) is 5.54 Å². The van der Waals surface area contributed by atoms with Crippen LogP contribution >= 0.6 is 0 Å².